The van der Waals surface area contributed by atoms with E-state index in [-0.39, 0.29) is 5.91 Å². The van der Waals surface area contributed by atoms with Gasteiger partial charge < -0.3 is 10.6 Å². The van der Waals surface area contributed by atoms with Gasteiger partial charge in [0.1, 0.15) is 17.8 Å². The number of anilines is 2. The van der Waals surface area contributed by atoms with Crippen molar-refractivity contribution in [2.75, 3.05) is 17.2 Å². The zero-order valence-corrected chi connectivity index (χ0v) is 15.7. The minimum atomic E-state index is -0.279. The summed E-state index contributed by atoms with van der Waals surface area (Å²) in [6.45, 7) is 0.803. The molecule has 0 saturated carbocycles. The average molecular weight is 373 g/mol. The van der Waals surface area contributed by atoms with E-state index in [1.165, 1.54) is 37.6 Å². The predicted octanol–water partition coefficient (Wildman–Crippen LogP) is 4.58. The van der Waals surface area contributed by atoms with Gasteiger partial charge in [0.15, 0.2) is 0 Å². The third kappa shape index (κ3) is 4.34. The molecule has 4 rings (SSSR count). The number of para-hydroxylation sites is 1. The van der Waals surface area contributed by atoms with Crippen LogP contribution in [0.4, 0.5) is 11.5 Å². The maximum absolute atomic E-state index is 12.7. The van der Waals surface area contributed by atoms with Gasteiger partial charge in [-0.05, 0) is 44.2 Å². The lowest BCUT2D eigenvalue weighted by molar-refractivity contribution is 0.102. The highest BCUT2D eigenvalue weighted by molar-refractivity contribution is 6.07. The number of fused-ring (bicyclic) bond motifs is 1. The summed E-state index contributed by atoms with van der Waals surface area (Å²) in [5.74, 6) is 0.381. The number of rotatable bonds is 6. The summed E-state index contributed by atoms with van der Waals surface area (Å²) in [5.41, 5.74) is 3.25. The second-order valence-corrected chi connectivity index (χ2v) is 6.91. The van der Waals surface area contributed by atoms with Gasteiger partial charge in [0.05, 0.1) is 11.2 Å². The van der Waals surface area contributed by atoms with Crippen molar-refractivity contribution in [3.05, 3.63) is 66.3 Å². The molecular formula is C22H23N5O. The van der Waals surface area contributed by atoms with E-state index in [2.05, 4.69) is 31.7 Å². The van der Waals surface area contributed by atoms with Crippen LogP contribution in [0.15, 0.2) is 60.6 Å². The molecule has 2 heterocycles. The number of hydrogen-bond acceptors (Lipinski definition) is 5. The van der Waals surface area contributed by atoms with E-state index in [0.29, 0.717) is 17.2 Å². The van der Waals surface area contributed by atoms with Crippen molar-refractivity contribution >= 4 is 28.3 Å². The zero-order valence-electron chi connectivity index (χ0n) is 15.7. The van der Waals surface area contributed by atoms with Crippen LogP contribution in [0.2, 0.25) is 0 Å². The first-order chi connectivity index (χ1) is 13.8. The number of carbonyl (C=O) groups excluding carboxylic acids is 1. The monoisotopic (exact) mass is 373 g/mol. The van der Waals surface area contributed by atoms with Gasteiger partial charge in [0, 0.05) is 24.2 Å². The summed E-state index contributed by atoms with van der Waals surface area (Å²) in [6.07, 6.45) is 11.5. The van der Waals surface area contributed by atoms with Crippen molar-refractivity contribution in [2.24, 2.45) is 0 Å². The van der Waals surface area contributed by atoms with E-state index in [0.717, 1.165) is 23.9 Å². The van der Waals surface area contributed by atoms with Crippen LogP contribution in [0.25, 0.3) is 10.9 Å². The van der Waals surface area contributed by atoms with Gasteiger partial charge in [0.2, 0.25) is 0 Å². The van der Waals surface area contributed by atoms with Gasteiger partial charge in [-0.25, -0.2) is 9.97 Å². The Hall–Kier alpha value is -3.28. The second-order valence-electron chi connectivity index (χ2n) is 6.91. The van der Waals surface area contributed by atoms with Crippen LogP contribution < -0.4 is 10.6 Å². The summed E-state index contributed by atoms with van der Waals surface area (Å²) in [5, 5.41) is 7.18. The quantitative estimate of drug-likeness (QED) is 0.618. The molecule has 0 unspecified atom stereocenters. The molecule has 6 nitrogen and oxygen atoms in total. The Morgan fingerprint density at radius 3 is 2.89 bits per heavy atom. The van der Waals surface area contributed by atoms with Crippen LogP contribution in [-0.2, 0) is 0 Å². The lowest BCUT2D eigenvalue weighted by Gasteiger charge is -2.13. The predicted molar refractivity (Wildman–Crippen MR) is 111 cm³/mol. The SMILES string of the molecule is O=C(Nc1cccc2cccnc12)c1cc(NCCC2=CCCCC2)ncn1. The number of benzene rings is 1. The smallest absolute Gasteiger partial charge is 0.274 e. The lowest BCUT2D eigenvalue weighted by atomic mass is 9.97. The highest BCUT2D eigenvalue weighted by Crippen LogP contribution is 2.22. The summed E-state index contributed by atoms with van der Waals surface area (Å²) in [4.78, 5) is 25.4. The highest BCUT2D eigenvalue weighted by atomic mass is 16.1. The highest BCUT2D eigenvalue weighted by Gasteiger charge is 2.12. The molecule has 28 heavy (non-hydrogen) atoms. The third-order valence-corrected chi connectivity index (χ3v) is 4.92. The molecule has 0 bridgehead atoms. The number of carbonyl (C=O) groups is 1. The molecule has 2 aromatic heterocycles. The van der Waals surface area contributed by atoms with Crippen LogP contribution in [0, 0.1) is 0 Å². The minimum Gasteiger partial charge on any atom is -0.370 e. The number of pyridine rings is 1. The Morgan fingerprint density at radius 1 is 1.07 bits per heavy atom. The Kier molecular flexibility index (Phi) is 5.56. The number of nitrogens with zero attached hydrogens (tertiary/aromatic N) is 3. The van der Waals surface area contributed by atoms with E-state index in [4.69, 9.17) is 0 Å². The number of aromatic nitrogens is 3. The molecule has 1 aromatic carbocycles. The number of nitrogens with one attached hydrogen (secondary N) is 2. The molecule has 0 saturated heterocycles. The van der Waals surface area contributed by atoms with Crippen molar-refractivity contribution in [1.29, 1.82) is 0 Å². The van der Waals surface area contributed by atoms with E-state index in [9.17, 15) is 4.79 Å². The van der Waals surface area contributed by atoms with Crippen molar-refractivity contribution < 1.29 is 4.79 Å². The summed E-state index contributed by atoms with van der Waals surface area (Å²) in [6, 6.07) is 11.2. The van der Waals surface area contributed by atoms with Crippen LogP contribution in [-0.4, -0.2) is 27.4 Å². The van der Waals surface area contributed by atoms with E-state index in [1.807, 2.05) is 30.3 Å². The first-order valence-corrected chi connectivity index (χ1v) is 9.68. The molecule has 6 heteroatoms. The standard InChI is InChI=1S/C22H23N5O/c28-22(27-18-10-4-8-17-9-5-12-24-21(17)18)19-14-20(26-15-25-19)23-13-11-16-6-2-1-3-7-16/h4-6,8-10,12,14-15H,1-3,7,11,13H2,(H,27,28)(H,23,25,26). The number of amides is 1. The van der Waals surface area contributed by atoms with E-state index >= 15 is 0 Å². The third-order valence-electron chi connectivity index (χ3n) is 4.92. The summed E-state index contributed by atoms with van der Waals surface area (Å²) in [7, 11) is 0. The van der Waals surface area contributed by atoms with E-state index in [1.54, 1.807) is 12.3 Å². The van der Waals surface area contributed by atoms with Gasteiger partial charge in [-0.3, -0.25) is 9.78 Å². The van der Waals surface area contributed by atoms with Crippen LogP contribution in [0.3, 0.4) is 0 Å². The average Bonchev–Trinajstić information content (AvgIpc) is 2.75. The maximum Gasteiger partial charge on any atom is 0.274 e. The lowest BCUT2D eigenvalue weighted by Crippen LogP contribution is -2.15. The largest absolute Gasteiger partial charge is 0.370 e. The molecule has 142 valence electrons. The molecule has 0 spiro atoms. The molecule has 1 aliphatic rings. The molecule has 3 aromatic rings. The minimum absolute atomic E-state index is 0.279. The molecular weight excluding hydrogens is 350 g/mol. The van der Waals surface area contributed by atoms with E-state index < -0.39 is 0 Å². The molecule has 0 fully saturated rings. The maximum atomic E-state index is 12.7. The van der Waals surface area contributed by atoms with Gasteiger partial charge >= 0.3 is 0 Å². The second kappa shape index (κ2) is 8.61. The Balaban J connectivity index is 1.41. The van der Waals surface area contributed by atoms with Crippen molar-refractivity contribution in [1.82, 2.24) is 15.0 Å². The van der Waals surface area contributed by atoms with Crippen LogP contribution in [0.5, 0.6) is 0 Å². The Bertz CT molecular complexity index is 1010. The van der Waals surface area contributed by atoms with Crippen LogP contribution in [0.1, 0.15) is 42.6 Å². The van der Waals surface area contributed by atoms with Gasteiger partial charge in [-0.1, -0.05) is 29.8 Å². The summed E-state index contributed by atoms with van der Waals surface area (Å²) >= 11 is 0. The topological polar surface area (TPSA) is 79.8 Å². The fraction of sp³-hybridized carbons (Fsp3) is 0.273. The first-order valence-electron chi connectivity index (χ1n) is 9.68. The van der Waals surface area contributed by atoms with Gasteiger partial charge in [0.25, 0.3) is 5.91 Å². The Morgan fingerprint density at radius 2 is 2.00 bits per heavy atom. The molecule has 1 amide bonds. The van der Waals surface area contributed by atoms with Crippen molar-refractivity contribution in [3.63, 3.8) is 0 Å². The number of allylic oxidation sites excluding steroid dienone is 1. The molecule has 0 aliphatic heterocycles. The van der Waals surface area contributed by atoms with Crippen LogP contribution >= 0.6 is 0 Å². The number of hydrogen-bond donors (Lipinski definition) is 2. The van der Waals surface area contributed by atoms with Crippen molar-refractivity contribution in [3.8, 4) is 0 Å². The normalized spacial score (nSPS) is 13.8. The molecule has 0 atom stereocenters. The Labute approximate surface area is 164 Å². The van der Waals surface area contributed by atoms with Crippen molar-refractivity contribution in [2.45, 2.75) is 32.1 Å². The summed E-state index contributed by atoms with van der Waals surface area (Å²) < 4.78 is 0. The first kappa shape index (κ1) is 18.1. The molecule has 2 N–H and O–H groups in total. The fourth-order valence-electron chi connectivity index (χ4n) is 3.45. The molecule has 1 aliphatic carbocycles. The van der Waals surface area contributed by atoms with Gasteiger partial charge in [-0.15, -0.1) is 0 Å². The fourth-order valence-corrected chi connectivity index (χ4v) is 3.45. The van der Waals surface area contributed by atoms with Gasteiger partial charge in [-0.2, -0.15) is 0 Å². The zero-order chi connectivity index (χ0) is 19.2. The molecule has 0 radical (unpaired) electrons.